The van der Waals surface area contributed by atoms with Crippen LogP contribution >= 0.6 is 11.8 Å². The van der Waals surface area contributed by atoms with Gasteiger partial charge in [-0.05, 0) is 19.4 Å². The van der Waals surface area contributed by atoms with Crippen molar-refractivity contribution in [3.05, 3.63) is 71.3 Å². The molecule has 0 saturated carbocycles. The van der Waals surface area contributed by atoms with Gasteiger partial charge in [-0.2, -0.15) is 5.10 Å². The smallest absolute Gasteiger partial charge is 0.240 e. The van der Waals surface area contributed by atoms with Gasteiger partial charge in [0, 0.05) is 35.8 Å². The zero-order valence-electron chi connectivity index (χ0n) is 19.2. The molecule has 0 spiro atoms. The molecule has 0 radical (unpaired) electrons. The van der Waals surface area contributed by atoms with Crippen molar-refractivity contribution in [3.8, 4) is 11.3 Å². The van der Waals surface area contributed by atoms with Crippen molar-refractivity contribution in [2.24, 2.45) is 7.05 Å². The van der Waals surface area contributed by atoms with E-state index in [1.165, 1.54) is 28.8 Å². The van der Waals surface area contributed by atoms with Crippen LogP contribution in [0.25, 0.3) is 11.3 Å². The van der Waals surface area contributed by atoms with Crippen LogP contribution in [0.15, 0.2) is 48.5 Å². The molecule has 9 heteroatoms. The number of fused-ring (bicyclic) bond motifs is 1. The maximum absolute atomic E-state index is 14.9. The van der Waals surface area contributed by atoms with E-state index in [-0.39, 0.29) is 35.7 Å². The summed E-state index contributed by atoms with van der Waals surface area (Å²) in [5.74, 6) is -1.47. The van der Waals surface area contributed by atoms with Crippen LogP contribution in [0, 0.1) is 11.6 Å². The Morgan fingerprint density at radius 2 is 1.97 bits per heavy atom. The number of aromatic nitrogens is 2. The van der Waals surface area contributed by atoms with Crippen molar-refractivity contribution < 1.29 is 18.4 Å². The predicted molar refractivity (Wildman–Crippen MR) is 130 cm³/mol. The average Bonchev–Trinajstić information content (AvgIpc) is 3.08. The van der Waals surface area contributed by atoms with E-state index in [2.05, 4.69) is 10.4 Å². The number of nitrogens with one attached hydrogen (secondary N) is 1. The summed E-state index contributed by atoms with van der Waals surface area (Å²) in [4.78, 5) is 27.4. The van der Waals surface area contributed by atoms with Crippen LogP contribution in [-0.4, -0.2) is 39.9 Å². The van der Waals surface area contributed by atoms with E-state index in [0.717, 1.165) is 18.1 Å². The van der Waals surface area contributed by atoms with Crippen molar-refractivity contribution in [1.82, 2.24) is 15.1 Å². The second-order valence-corrected chi connectivity index (χ2v) is 9.38. The van der Waals surface area contributed by atoms with Gasteiger partial charge in [0.25, 0.3) is 0 Å². The fourth-order valence-electron chi connectivity index (χ4n) is 4.02. The summed E-state index contributed by atoms with van der Waals surface area (Å²) in [7, 11) is 1.70. The second kappa shape index (κ2) is 9.97. The molecule has 1 N–H and O–H groups in total. The number of rotatable bonds is 6. The Kier molecular flexibility index (Phi) is 7.02. The Hall–Kier alpha value is -3.20. The van der Waals surface area contributed by atoms with Gasteiger partial charge in [0.15, 0.2) is 0 Å². The highest BCUT2D eigenvalue weighted by molar-refractivity contribution is 8.00. The van der Waals surface area contributed by atoms with Gasteiger partial charge in [-0.25, -0.2) is 8.78 Å². The fourth-order valence-corrected chi connectivity index (χ4v) is 5.24. The normalized spacial score (nSPS) is 16.7. The lowest BCUT2D eigenvalue weighted by atomic mass is 9.99. The highest BCUT2D eigenvalue weighted by Gasteiger charge is 2.37. The fraction of sp³-hybridized carbons (Fsp3) is 0.320. The molecule has 1 aliphatic heterocycles. The van der Waals surface area contributed by atoms with E-state index in [1.54, 1.807) is 11.7 Å². The number of hydrogen-bond donors (Lipinski definition) is 1. The average molecular weight is 485 g/mol. The third kappa shape index (κ3) is 4.70. The molecule has 2 heterocycles. The Labute approximate surface area is 201 Å². The molecule has 4 rings (SSSR count). The Bertz CT molecular complexity index is 1220. The number of halogens is 2. The summed E-state index contributed by atoms with van der Waals surface area (Å²) >= 11 is 1.24. The maximum atomic E-state index is 14.9. The summed E-state index contributed by atoms with van der Waals surface area (Å²) in [6.45, 7) is 3.68. The molecule has 6 nitrogen and oxygen atoms in total. The number of anilines is 1. The second-order valence-electron chi connectivity index (χ2n) is 8.29. The SMILES string of the molecule is CCC(C)NC(=O)CN1C(=O)CSC(c2ccc(F)cc2F)c2c(-c3ccccc3)nn(C)c21. The minimum absolute atomic E-state index is 0.0288. The molecule has 1 aromatic heterocycles. The first-order valence-electron chi connectivity index (χ1n) is 11.1. The molecule has 178 valence electrons. The number of hydrogen-bond acceptors (Lipinski definition) is 4. The predicted octanol–water partition coefficient (Wildman–Crippen LogP) is 4.45. The third-order valence-corrected chi connectivity index (χ3v) is 7.10. The van der Waals surface area contributed by atoms with E-state index in [9.17, 15) is 18.4 Å². The lowest BCUT2D eigenvalue weighted by Gasteiger charge is -2.23. The number of aryl methyl sites for hydroxylation is 1. The number of nitrogens with zero attached hydrogens (tertiary/aromatic N) is 3. The van der Waals surface area contributed by atoms with Gasteiger partial charge in [0.1, 0.15) is 24.0 Å². The standard InChI is InChI=1S/C25H26F2N4O2S/c1-4-15(2)28-20(32)13-31-21(33)14-34-24(18-11-10-17(26)12-19(18)27)22-23(29-30(3)25(22)31)16-8-6-5-7-9-16/h5-12,15,24H,4,13-14H2,1-3H3,(H,28,32). The molecular formula is C25H26F2N4O2S. The van der Waals surface area contributed by atoms with Crippen LogP contribution in [0.3, 0.4) is 0 Å². The lowest BCUT2D eigenvalue weighted by molar-refractivity contribution is -0.123. The summed E-state index contributed by atoms with van der Waals surface area (Å²) in [6.07, 6.45) is 0.760. The molecular weight excluding hydrogens is 458 g/mol. The summed E-state index contributed by atoms with van der Waals surface area (Å²) in [5, 5.41) is 6.95. The molecule has 0 aliphatic carbocycles. The number of benzene rings is 2. The molecule has 0 fully saturated rings. The van der Waals surface area contributed by atoms with Crippen molar-refractivity contribution in [1.29, 1.82) is 0 Å². The van der Waals surface area contributed by atoms with E-state index in [1.807, 2.05) is 44.2 Å². The molecule has 1 aliphatic rings. The Morgan fingerprint density at radius 1 is 1.24 bits per heavy atom. The first kappa shape index (κ1) is 23.9. The van der Waals surface area contributed by atoms with Crippen molar-refractivity contribution in [2.45, 2.75) is 31.6 Å². The molecule has 0 bridgehead atoms. The van der Waals surface area contributed by atoms with E-state index in [4.69, 9.17) is 0 Å². The topological polar surface area (TPSA) is 67.2 Å². The van der Waals surface area contributed by atoms with E-state index < -0.39 is 16.9 Å². The highest BCUT2D eigenvalue weighted by atomic mass is 32.2. The number of thioether (sulfide) groups is 1. The minimum atomic E-state index is -0.693. The van der Waals surface area contributed by atoms with E-state index >= 15 is 0 Å². The summed E-state index contributed by atoms with van der Waals surface area (Å²) < 4.78 is 30.2. The lowest BCUT2D eigenvalue weighted by Crippen LogP contribution is -2.44. The van der Waals surface area contributed by atoms with Crippen molar-refractivity contribution >= 4 is 29.4 Å². The molecule has 2 aromatic carbocycles. The van der Waals surface area contributed by atoms with Gasteiger partial charge in [-0.15, -0.1) is 11.8 Å². The molecule has 34 heavy (non-hydrogen) atoms. The molecule has 2 amide bonds. The zero-order valence-corrected chi connectivity index (χ0v) is 20.0. The van der Waals surface area contributed by atoms with Crippen LogP contribution in [0.1, 0.15) is 36.6 Å². The first-order chi connectivity index (χ1) is 16.3. The highest BCUT2D eigenvalue weighted by Crippen LogP contribution is 2.48. The maximum Gasteiger partial charge on any atom is 0.240 e. The Morgan fingerprint density at radius 3 is 2.65 bits per heavy atom. The summed E-state index contributed by atoms with van der Waals surface area (Å²) in [5.41, 5.74) is 2.26. The molecule has 2 unspecified atom stereocenters. The Balaban J connectivity index is 1.88. The van der Waals surface area contributed by atoms with Crippen LogP contribution in [0.2, 0.25) is 0 Å². The number of amides is 2. The van der Waals surface area contributed by atoms with Gasteiger partial charge in [-0.3, -0.25) is 19.2 Å². The van der Waals surface area contributed by atoms with Gasteiger partial charge in [0.2, 0.25) is 11.8 Å². The van der Waals surface area contributed by atoms with Crippen LogP contribution in [-0.2, 0) is 16.6 Å². The van der Waals surface area contributed by atoms with Gasteiger partial charge in [0.05, 0.1) is 16.7 Å². The first-order valence-corrected chi connectivity index (χ1v) is 12.1. The van der Waals surface area contributed by atoms with Crippen LogP contribution < -0.4 is 10.2 Å². The third-order valence-electron chi connectivity index (χ3n) is 5.86. The van der Waals surface area contributed by atoms with Gasteiger partial charge in [-0.1, -0.05) is 43.3 Å². The van der Waals surface area contributed by atoms with E-state index in [0.29, 0.717) is 17.1 Å². The number of carbonyl (C=O) groups is 2. The van der Waals surface area contributed by atoms with Gasteiger partial charge < -0.3 is 5.32 Å². The largest absolute Gasteiger partial charge is 0.352 e. The van der Waals surface area contributed by atoms with Gasteiger partial charge >= 0.3 is 0 Å². The van der Waals surface area contributed by atoms with Crippen LogP contribution in [0.4, 0.5) is 14.6 Å². The van der Waals surface area contributed by atoms with Crippen LogP contribution in [0.5, 0.6) is 0 Å². The molecule has 3 aromatic rings. The number of carbonyl (C=O) groups excluding carboxylic acids is 2. The quantitative estimate of drug-likeness (QED) is 0.562. The molecule has 2 atom stereocenters. The van der Waals surface area contributed by atoms with Crippen molar-refractivity contribution in [3.63, 3.8) is 0 Å². The minimum Gasteiger partial charge on any atom is -0.352 e. The summed E-state index contributed by atoms with van der Waals surface area (Å²) in [6, 6.07) is 12.8. The monoisotopic (exact) mass is 484 g/mol. The van der Waals surface area contributed by atoms with Crippen molar-refractivity contribution in [2.75, 3.05) is 17.2 Å². The molecule has 0 saturated heterocycles. The zero-order chi connectivity index (χ0) is 24.4.